The smallest absolute Gasteiger partial charge is 0.137 e. The van der Waals surface area contributed by atoms with Gasteiger partial charge in [0.1, 0.15) is 5.65 Å². The average Bonchev–Trinajstić information content (AvgIpc) is 3.32. The Morgan fingerprint density at radius 3 is 2.41 bits per heavy atom. The number of morpholine rings is 1. The molecule has 2 saturated heterocycles. The Hall–Kier alpha value is -3.87. The van der Waals surface area contributed by atoms with Crippen LogP contribution in [0.15, 0.2) is 67.1 Å². The summed E-state index contributed by atoms with van der Waals surface area (Å²) in [6.45, 7) is 5.96. The largest absolute Gasteiger partial charge is 0.378 e. The summed E-state index contributed by atoms with van der Waals surface area (Å²) in [5, 5.41) is 1.09. The van der Waals surface area contributed by atoms with Crippen molar-refractivity contribution in [2.75, 3.05) is 13.2 Å². The van der Waals surface area contributed by atoms with Crippen LogP contribution in [0.1, 0.15) is 41.6 Å². The van der Waals surface area contributed by atoms with Crippen LogP contribution in [-0.4, -0.2) is 56.2 Å². The molecule has 0 amide bonds. The third-order valence-corrected chi connectivity index (χ3v) is 9.54. The van der Waals surface area contributed by atoms with Crippen LogP contribution in [0.4, 0.5) is 0 Å². The molecule has 6 nitrogen and oxygen atoms in total. The summed E-state index contributed by atoms with van der Waals surface area (Å²) in [4.78, 5) is 20.5. The van der Waals surface area contributed by atoms with E-state index in [1.54, 1.807) is 0 Å². The van der Waals surface area contributed by atoms with Crippen LogP contribution < -0.4 is 0 Å². The molecule has 1 N–H and O–H groups in total. The SMILES string of the molecule is Cc1ccc(C)c(-c2ccc(-c3c[nH]c4ncc(-c5ccc6c(c5)CC[C@@H](N5C7COCC5C7)CC6)cc34)nc2)n1. The van der Waals surface area contributed by atoms with Gasteiger partial charge in [0.15, 0.2) is 0 Å². The van der Waals surface area contributed by atoms with E-state index in [4.69, 9.17) is 19.7 Å². The first-order valence-electron chi connectivity index (χ1n) is 15.0. The highest BCUT2D eigenvalue weighted by atomic mass is 16.5. The van der Waals surface area contributed by atoms with Gasteiger partial charge in [0, 0.05) is 64.5 Å². The number of nitrogens with zero attached hydrogens (tertiary/aromatic N) is 4. The molecule has 6 heterocycles. The first-order chi connectivity index (χ1) is 20.1. The quantitative estimate of drug-likeness (QED) is 0.257. The van der Waals surface area contributed by atoms with Gasteiger partial charge in [0.25, 0.3) is 0 Å². The molecule has 0 saturated carbocycles. The molecule has 2 fully saturated rings. The Balaban J connectivity index is 1.06. The number of pyridine rings is 3. The Morgan fingerprint density at radius 1 is 0.805 bits per heavy atom. The zero-order chi connectivity index (χ0) is 27.5. The van der Waals surface area contributed by atoms with Gasteiger partial charge in [-0.25, -0.2) is 4.98 Å². The molecule has 2 unspecified atom stereocenters. The van der Waals surface area contributed by atoms with Crippen molar-refractivity contribution in [3.63, 3.8) is 0 Å². The third kappa shape index (κ3) is 4.37. The minimum Gasteiger partial charge on any atom is -0.378 e. The van der Waals surface area contributed by atoms with Crippen molar-refractivity contribution in [3.8, 4) is 33.6 Å². The lowest BCUT2D eigenvalue weighted by atomic mass is 9.87. The monoisotopic (exact) mass is 541 g/mol. The second kappa shape index (κ2) is 9.89. The van der Waals surface area contributed by atoms with Crippen molar-refractivity contribution in [1.29, 1.82) is 0 Å². The number of aromatic nitrogens is 4. The van der Waals surface area contributed by atoms with Gasteiger partial charge in [0.05, 0.1) is 24.6 Å². The molecule has 206 valence electrons. The molecule has 1 aromatic carbocycles. The van der Waals surface area contributed by atoms with E-state index < -0.39 is 0 Å². The van der Waals surface area contributed by atoms with Gasteiger partial charge < -0.3 is 9.72 Å². The second-order valence-electron chi connectivity index (χ2n) is 12.1. The van der Waals surface area contributed by atoms with Crippen molar-refractivity contribution in [3.05, 3.63) is 89.5 Å². The number of hydrogen-bond donors (Lipinski definition) is 1. The molecule has 8 rings (SSSR count). The van der Waals surface area contributed by atoms with Crippen molar-refractivity contribution in [2.45, 2.75) is 64.1 Å². The maximum absolute atomic E-state index is 5.75. The summed E-state index contributed by atoms with van der Waals surface area (Å²) in [5.41, 5.74) is 12.5. The van der Waals surface area contributed by atoms with E-state index in [9.17, 15) is 0 Å². The van der Waals surface area contributed by atoms with Crippen LogP contribution in [0, 0.1) is 13.8 Å². The lowest BCUT2D eigenvalue weighted by molar-refractivity contribution is -0.148. The van der Waals surface area contributed by atoms with Gasteiger partial charge in [-0.15, -0.1) is 0 Å². The molecule has 5 aromatic rings. The molecular weight excluding hydrogens is 506 g/mol. The topological polar surface area (TPSA) is 66.9 Å². The predicted octanol–water partition coefficient (Wildman–Crippen LogP) is 6.69. The Morgan fingerprint density at radius 2 is 1.61 bits per heavy atom. The fraction of sp³-hybridized carbons (Fsp3) is 0.343. The van der Waals surface area contributed by atoms with E-state index in [0.29, 0.717) is 18.1 Å². The van der Waals surface area contributed by atoms with Gasteiger partial charge >= 0.3 is 0 Å². The number of H-pyrrole nitrogens is 1. The van der Waals surface area contributed by atoms with E-state index in [-0.39, 0.29) is 0 Å². The lowest BCUT2D eigenvalue weighted by Crippen LogP contribution is -2.66. The lowest BCUT2D eigenvalue weighted by Gasteiger charge is -2.56. The summed E-state index contributed by atoms with van der Waals surface area (Å²) in [6.07, 6.45) is 12.1. The fourth-order valence-corrected chi connectivity index (χ4v) is 7.32. The number of rotatable bonds is 4. The van der Waals surface area contributed by atoms with Gasteiger partial charge in [-0.05, 0) is 92.5 Å². The maximum Gasteiger partial charge on any atom is 0.137 e. The third-order valence-electron chi connectivity index (χ3n) is 9.54. The molecule has 3 atom stereocenters. The van der Waals surface area contributed by atoms with Crippen molar-refractivity contribution in [2.24, 2.45) is 0 Å². The Kier molecular flexibility index (Phi) is 6.01. The molecule has 4 aromatic heterocycles. The normalized spacial score (nSPS) is 22.2. The van der Waals surface area contributed by atoms with Crippen molar-refractivity contribution in [1.82, 2.24) is 24.8 Å². The van der Waals surface area contributed by atoms with Crippen LogP contribution in [0.2, 0.25) is 0 Å². The first kappa shape index (κ1) is 24.9. The second-order valence-corrected chi connectivity index (χ2v) is 12.1. The molecule has 2 bridgehead atoms. The highest BCUT2D eigenvalue weighted by Crippen LogP contribution is 2.38. The first-order valence-corrected chi connectivity index (χ1v) is 15.0. The maximum atomic E-state index is 5.75. The van der Waals surface area contributed by atoms with Crippen LogP contribution in [0.5, 0.6) is 0 Å². The van der Waals surface area contributed by atoms with Gasteiger partial charge in [0.2, 0.25) is 0 Å². The van der Waals surface area contributed by atoms with Crippen molar-refractivity contribution >= 4 is 11.0 Å². The van der Waals surface area contributed by atoms with Crippen LogP contribution in [0.25, 0.3) is 44.7 Å². The minimum atomic E-state index is 0.651. The summed E-state index contributed by atoms with van der Waals surface area (Å²) >= 11 is 0. The van der Waals surface area contributed by atoms with Crippen LogP contribution in [-0.2, 0) is 17.6 Å². The molecular formula is C35H35N5O. The molecule has 2 aliphatic heterocycles. The average molecular weight is 542 g/mol. The Labute approximate surface area is 240 Å². The number of fused-ring (bicyclic) bond motifs is 4. The number of aryl methyl sites for hydroxylation is 4. The highest BCUT2D eigenvalue weighted by Gasteiger charge is 2.45. The molecule has 3 aliphatic rings. The molecule has 0 radical (unpaired) electrons. The van der Waals surface area contributed by atoms with Gasteiger partial charge in [-0.2, -0.15) is 0 Å². The number of nitrogens with one attached hydrogen (secondary N) is 1. The highest BCUT2D eigenvalue weighted by molar-refractivity contribution is 5.95. The number of aromatic amines is 1. The minimum absolute atomic E-state index is 0.651. The summed E-state index contributed by atoms with van der Waals surface area (Å²) in [7, 11) is 0. The summed E-state index contributed by atoms with van der Waals surface area (Å²) in [6, 6.07) is 19.7. The standard InChI is InChI=1S/C35H35N5O/c1-21-3-4-22(2)39-34(21)26-9-12-33(36-16-26)32-18-38-35-31(32)14-27(17-37-35)25-6-5-23-7-10-28(11-8-24(23)13-25)40-29-15-30(40)20-41-19-29/h3-6,9,12-14,16-18,28-30H,7-8,10-11,15,19-20H2,1-2H3,(H,37,38)/t28-,29?,30?/m0/s1. The molecule has 41 heavy (non-hydrogen) atoms. The Bertz CT molecular complexity index is 1740. The number of hydrogen-bond acceptors (Lipinski definition) is 5. The van der Waals surface area contributed by atoms with E-state index in [0.717, 1.165) is 76.4 Å². The van der Waals surface area contributed by atoms with E-state index in [1.165, 1.54) is 36.0 Å². The zero-order valence-electron chi connectivity index (χ0n) is 23.7. The van der Waals surface area contributed by atoms with Gasteiger partial charge in [-0.1, -0.05) is 24.3 Å². The number of benzene rings is 1. The number of ether oxygens (including phenoxy) is 1. The molecule has 1 aliphatic carbocycles. The van der Waals surface area contributed by atoms with E-state index in [1.807, 2.05) is 31.6 Å². The zero-order valence-corrected chi connectivity index (χ0v) is 23.7. The predicted molar refractivity (Wildman–Crippen MR) is 163 cm³/mol. The van der Waals surface area contributed by atoms with Crippen LogP contribution in [0.3, 0.4) is 0 Å². The molecule has 6 heteroatoms. The summed E-state index contributed by atoms with van der Waals surface area (Å²) < 4.78 is 5.75. The van der Waals surface area contributed by atoms with Gasteiger partial charge in [-0.3, -0.25) is 14.9 Å². The van der Waals surface area contributed by atoms with E-state index in [2.05, 4.69) is 59.3 Å². The molecule has 0 spiro atoms. The van der Waals surface area contributed by atoms with E-state index >= 15 is 0 Å². The van der Waals surface area contributed by atoms with Crippen molar-refractivity contribution < 1.29 is 4.74 Å². The fourth-order valence-electron chi connectivity index (χ4n) is 7.32. The van der Waals surface area contributed by atoms with Crippen LogP contribution >= 0.6 is 0 Å². The summed E-state index contributed by atoms with van der Waals surface area (Å²) in [5.74, 6) is 0.